The predicted octanol–water partition coefficient (Wildman–Crippen LogP) is 2.97. The monoisotopic (exact) mass is 336 g/mol. The Morgan fingerprint density at radius 2 is 1.74 bits per heavy atom. The third-order valence-electron chi connectivity index (χ3n) is 3.36. The molecule has 6 nitrogen and oxygen atoms in total. The van der Waals surface area contributed by atoms with E-state index in [0.29, 0.717) is 22.4 Å². The van der Waals surface area contributed by atoms with Gasteiger partial charge in [0.1, 0.15) is 0 Å². The lowest BCUT2D eigenvalue weighted by atomic mass is 10.1. The topological polar surface area (TPSA) is 69.7 Å². The SMILES string of the molecule is COc1cc(CC(=O)Nc2nc(C)c(C)s2)cc(OC)c1OC. The summed E-state index contributed by atoms with van der Waals surface area (Å²) in [5, 5.41) is 3.42. The third kappa shape index (κ3) is 3.92. The molecule has 0 fully saturated rings. The van der Waals surface area contributed by atoms with Crippen molar-refractivity contribution in [3.8, 4) is 17.2 Å². The van der Waals surface area contributed by atoms with Crippen LogP contribution in [0.25, 0.3) is 0 Å². The number of ether oxygens (including phenoxy) is 3. The molecule has 1 amide bonds. The lowest BCUT2D eigenvalue weighted by Crippen LogP contribution is -2.14. The normalized spacial score (nSPS) is 10.3. The molecule has 0 aliphatic heterocycles. The maximum atomic E-state index is 12.2. The first-order chi connectivity index (χ1) is 11.0. The first-order valence-electron chi connectivity index (χ1n) is 7.01. The van der Waals surface area contributed by atoms with Gasteiger partial charge in [-0.2, -0.15) is 0 Å². The Hall–Kier alpha value is -2.28. The van der Waals surface area contributed by atoms with Crippen molar-refractivity contribution in [2.45, 2.75) is 20.3 Å². The number of anilines is 1. The molecule has 1 heterocycles. The molecule has 124 valence electrons. The summed E-state index contributed by atoms with van der Waals surface area (Å²) in [6.45, 7) is 3.89. The van der Waals surface area contributed by atoms with Gasteiger partial charge in [0.2, 0.25) is 11.7 Å². The van der Waals surface area contributed by atoms with Crippen LogP contribution in [0.5, 0.6) is 17.2 Å². The number of hydrogen-bond acceptors (Lipinski definition) is 6. The Balaban J connectivity index is 2.17. The molecule has 1 N–H and O–H groups in total. The van der Waals surface area contributed by atoms with E-state index in [1.54, 1.807) is 33.5 Å². The maximum absolute atomic E-state index is 12.2. The number of hydrogen-bond donors (Lipinski definition) is 1. The van der Waals surface area contributed by atoms with Crippen LogP contribution in [0.3, 0.4) is 0 Å². The number of rotatable bonds is 6. The highest BCUT2D eigenvalue weighted by molar-refractivity contribution is 7.15. The molecule has 0 spiro atoms. The van der Waals surface area contributed by atoms with E-state index in [0.717, 1.165) is 16.1 Å². The van der Waals surface area contributed by atoms with Crippen molar-refractivity contribution in [2.24, 2.45) is 0 Å². The molecule has 0 aliphatic carbocycles. The minimum atomic E-state index is -0.145. The summed E-state index contributed by atoms with van der Waals surface area (Å²) in [5.41, 5.74) is 1.69. The summed E-state index contributed by atoms with van der Waals surface area (Å²) in [7, 11) is 4.63. The molecule has 0 radical (unpaired) electrons. The first kappa shape index (κ1) is 17.1. The van der Waals surface area contributed by atoms with Crippen molar-refractivity contribution in [3.05, 3.63) is 28.3 Å². The second-order valence-electron chi connectivity index (χ2n) is 4.92. The van der Waals surface area contributed by atoms with Gasteiger partial charge in [-0.15, -0.1) is 11.3 Å². The van der Waals surface area contributed by atoms with Gasteiger partial charge >= 0.3 is 0 Å². The van der Waals surface area contributed by atoms with E-state index in [1.807, 2.05) is 13.8 Å². The quantitative estimate of drug-likeness (QED) is 0.878. The van der Waals surface area contributed by atoms with Gasteiger partial charge in [0.25, 0.3) is 0 Å². The van der Waals surface area contributed by atoms with Crippen molar-refractivity contribution in [2.75, 3.05) is 26.6 Å². The fourth-order valence-electron chi connectivity index (χ4n) is 2.11. The second-order valence-corrected chi connectivity index (χ2v) is 6.12. The van der Waals surface area contributed by atoms with Crippen LogP contribution in [0.15, 0.2) is 12.1 Å². The van der Waals surface area contributed by atoms with E-state index in [4.69, 9.17) is 14.2 Å². The summed E-state index contributed by atoms with van der Waals surface area (Å²) in [4.78, 5) is 17.6. The highest BCUT2D eigenvalue weighted by atomic mass is 32.1. The number of carbonyl (C=O) groups excluding carboxylic acids is 1. The van der Waals surface area contributed by atoms with E-state index in [1.165, 1.54) is 11.3 Å². The molecule has 0 saturated heterocycles. The van der Waals surface area contributed by atoms with Crippen LogP contribution < -0.4 is 19.5 Å². The number of aryl methyl sites for hydroxylation is 2. The molecular weight excluding hydrogens is 316 g/mol. The maximum Gasteiger partial charge on any atom is 0.230 e. The van der Waals surface area contributed by atoms with E-state index in [2.05, 4.69) is 10.3 Å². The molecule has 0 unspecified atom stereocenters. The molecule has 1 aromatic carbocycles. The highest BCUT2D eigenvalue weighted by Crippen LogP contribution is 2.38. The summed E-state index contributed by atoms with van der Waals surface area (Å²) in [6.07, 6.45) is 0.189. The molecule has 0 saturated carbocycles. The zero-order valence-corrected chi connectivity index (χ0v) is 14.7. The summed E-state index contributed by atoms with van der Waals surface area (Å²) in [5.74, 6) is 1.41. The number of benzene rings is 1. The molecule has 23 heavy (non-hydrogen) atoms. The van der Waals surface area contributed by atoms with Crippen LogP contribution in [0, 0.1) is 13.8 Å². The van der Waals surface area contributed by atoms with E-state index in [-0.39, 0.29) is 12.3 Å². The first-order valence-corrected chi connectivity index (χ1v) is 7.83. The van der Waals surface area contributed by atoms with Crippen molar-refractivity contribution < 1.29 is 19.0 Å². The lowest BCUT2D eigenvalue weighted by molar-refractivity contribution is -0.115. The number of nitrogens with one attached hydrogen (secondary N) is 1. The number of amides is 1. The second kappa shape index (κ2) is 7.32. The van der Waals surface area contributed by atoms with Crippen LogP contribution in [0.4, 0.5) is 5.13 Å². The van der Waals surface area contributed by atoms with Crippen molar-refractivity contribution in [1.82, 2.24) is 4.98 Å². The Bertz CT molecular complexity index is 668. The van der Waals surface area contributed by atoms with Crippen LogP contribution >= 0.6 is 11.3 Å². The Morgan fingerprint density at radius 3 is 2.17 bits per heavy atom. The number of carbonyl (C=O) groups is 1. The van der Waals surface area contributed by atoms with E-state index >= 15 is 0 Å². The number of methoxy groups -OCH3 is 3. The largest absolute Gasteiger partial charge is 0.493 e. The molecule has 7 heteroatoms. The average molecular weight is 336 g/mol. The van der Waals surface area contributed by atoms with Gasteiger partial charge in [-0.25, -0.2) is 4.98 Å². The van der Waals surface area contributed by atoms with Crippen molar-refractivity contribution in [1.29, 1.82) is 0 Å². The summed E-state index contributed by atoms with van der Waals surface area (Å²) >= 11 is 1.46. The number of nitrogens with zero attached hydrogens (tertiary/aromatic N) is 1. The van der Waals surface area contributed by atoms with Gasteiger partial charge in [0.05, 0.1) is 33.4 Å². The zero-order chi connectivity index (χ0) is 17.0. The average Bonchev–Trinajstić information content (AvgIpc) is 2.83. The number of aromatic nitrogens is 1. The smallest absolute Gasteiger partial charge is 0.230 e. The van der Waals surface area contributed by atoms with Gasteiger partial charge in [-0.1, -0.05) is 0 Å². The molecule has 1 aromatic heterocycles. The molecule has 0 atom stereocenters. The minimum Gasteiger partial charge on any atom is -0.493 e. The Morgan fingerprint density at radius 1 is 1.13 bits per heavy atom. The van der Waals surface area contributed by atoms with Crippen LogP contribution in [-0.4, -0.2) is 32.2 Å². The highest BCUT2D eigenvalue weighted by Gasteiger charge is 2.15. The fourth-order valence-corrected chi connectivity index (χ4v) is 2.94. The van der Waals surface area contributed by atoms with E-state index < -0.39 is 0 Å². The Kier molecular flexibility index (Phi) is 5.44. The molecule has 0 aliphatic rings. The van der Waals surface area contributed by atoms with Gasteiger partial charge in [-0.05, 0) is 31.5 Å². The van der Waals surface area contributed by atoms with Gasteiger partial charge in [-0.3, -0.25) is 4.79 Å². The third-order valence-corrected chi connectivity index (χ3v) is 4.35. The summed E-state index contributed by atoms with van der Waals surface area (Å²) < 4.78 is 15.9. The van der Waals surface area contributed by atoms with Gasteiger partial charge < -0.3 is 19.5 Å². The van der Waals surface area contributed by atoms with Gasteiger partial charge in [0.15, 0.2) is 16.6 Å². The molecular formula is C16H20N2O4S. The Labute approximate surface area is 139 Å². The predicted molar refractivity (Wildman–Crippen MR) is 90.0 cm³/mol. The minimum absolute atomic E-state index is 0.145. The molecule has 2 aromatic rings. The number of thiazole rings is 1. The fraction of sp³-hybridized carbons (Fsp3) is 0.375. The van der Waals surface area contributed by atoms with Gasteiger partial charge in [0, 0.05) is 4.88 Å². The summed E-state index contributed by atoms with van der Waals surface area (Å²) in [6, 6.07) is 3.53. The van der Waals surface area contributed by atoms with Crippen molar-refractivity contribution in [3.63, 3.8) is 0 Å². The van der Waals surface area contributed by atoms with Crippen LogP contribution in [-0.2, 0) is 11.2 Å². The van der Waals surface area contributed by atoms with Crippen LogP contribution in [0.1, 0.15) is 16.1 Å². The van der Waals surface area contributed by atoms with E-state index in [9.17, 15) is 4.79 Å². The zero-order valence-electron chi connectivity index (χ0n) is 13.9. The molecule has 2 rings (SSSR count). The van der Waals surface area contributed by atoms with Crippen LogP contribution in [0.2, 0.25) is 0 Å². The standard InChI is InChI=1S/C16H20N2O4S/c1-9-10(2)23-16(17-9)18-14(19)8-11-6-12(20-3)15(22-5)13(7-11)21-4/h6-7H,8H2,1-5H3,(H,17,18,19). The van der Waals surface area contributed by atoms with Crippen molar-refractivity contribution >= 4 is 22.4 Å². The molecule has 0 bridgehead atoms. The lowest BCUT2D eigenvalue weighted by Gasteiger charge is -2.13.